The number of nitrogens with one attached hydrogen (secondary N) is 1. The van der Waals surface area contributed by atoms with Crippen LogP contribution in [-0.4, -0.2) is 5.91 Å². The quantitative estimate of drug-likeness (QED) is 0.761. The highest BCUT2D eigenvalue weighted by Crippen LogP contribution is 2.60. The van der Waals surface area contributed by atoms with E-state index in [4.69, 9.17) is 46.4 Å². The van der Waals surface area contributed by atoms with Crippen LogP contribution in [0.25, 0.3) is 0 Å². The average Bonchev–Trinajstić information content (AvgIpc) is 2.84. The van der Waals surface area contributed by atoms with E-state index in [1.165, 1.54) is 0 Å². The van der Waals surface area contributed by atoms with Gasteiger partial charge in [-0.25, -0.2) is 0 Å². The van der Waals surface area contributed by atoms with Crippen molar-refractivity contribution in [2.75, 3.05) is 5.32 Å². The number of anilines is 1. The Morgan fingerprint density at radius 3 is 2.55 bits per heavy atom. The summed E-state index contributed by atoms with van der Waals surface area (Å²) in [6, 6.07) is 4.93. The monoisotopic (exact) mass is 351 g/mol. The SMILES string of the molecule is CC1(C)C(C=C(Cl)Cl)C1C(=O)Nc1cc(Cl)ccc1Cl. The lowest BCUT2D eigenvalue weighted by Crippen LogP contribution is -2.17. The number of hydrogen-bond donors (Lipinski definition) is 1. The Morgan fingerprint density at radius 2 is 1.95 bits per heavy atom. The summed E-state index contributed by atoms with van der Waals surface area (Å²) < 4.78 is 0.180. The molecule has 1 N–H and O–H groups in total. The van der Waals surface area contributed by atoms with Crippen molar-refractivity contribution in [3.63, 3.8) is 0 Å². The molecule has 1 aromatic rings. The van der Waals surface area contributed by atoms with Crippen molar-refractivity contribution in [2.45, 2.75) is 13.8 Å². The normalized spacial score (nSPS) is 23.1. The van der Waals surface area contributed by atoms with Gasteiger partial charge in [-0.15, -0.1) is 0 Å². The third kappa shape index (κ3) is 3.25. The van der Waals surface area contributed by atoms with Gasteiger partial charge in [-0.1, -0.05) is 60.3 Å². The fraction of sp³-hybridized carbons (Fsp3) is 0.357. The third-order valence-corrected chi connectivity index (χ3v) is 4.50. The van der Waals surface area contributed by atoms with Crippen molar-refractivity contribution in [3.8, 4) is 0 Å². The molecule has 0 saturated heterocycles. The molecule has 6 heteroatoms. The van der Waals surface area contributed by atoms with Gasteiger partial charge in [0.15, 0.2) is 0 Å². The highest BCUT2D eigenvalue weighted by molar-refractivity contribution is 6.55. The standard InChI is InChI=1S/C14H13Cl4NO/c1-14(2)8(6-11(17)18)12(14)13(20)19-10-5-7(15)3-4-9(10)16/h3-6,8,12H,1-2H3,(H,19,20). The summed E-state index contributed by atoms with van der Waals surface area (Å²) in [4.78, 5) is 12.3. The van der Waals surface area contributed by atoms with Crippen molar-refractivity contribution in [3.05, 3.63) is 38.8 Å². The molecule has 0 bridgehead atoms. The zero-order valence-electron chi connectivity index (χ0n) is 10.9. The van der Waals surface area contributed by atoms with Crippen molar-refractivity contribution < 1.29 is 4.79 Å². The Labute approximate surface area is 138 Å². The molecule has 0 spiro atoms. The molecule has 1 saturated carbocycles. The van der Waals surface area contributed by atoms with Crippen molar-refractivity contribution in [1.29, 1.82) is 0 Å². The number of allylic oxidation sites excluding steroid dienone is 1. The van der Waals surface area contributed by atoms with Crippen LogP contribution in [0.15, 0.2) is 28.8 Å². The average molecular weight is 353 g/mol. The van der Waals surface area contributed by atoms with Crippen LogP contribution in [0.2, 0.25) is 10.0 Å². The van der Waals surface area contributed by atoms with Crippen molar-refractivity contribution in [1.82, 2.24) is 0 Å². The minimum absolute atomic E-state index is 0.0189. The van der Waals surface area contributed by atoms with Crippen LogP contribution >= 0.6 is 46.4 Å². The maximum absolute atomic E-state index is 12.3. The van der Waals surface area contributed by atoms with Crippen LogP contribution in [0, 0.1) is 17.3 Å². The molecular formula is C14H13Cl4NO. The fourth-order valence-corrected chi connectivity index (χ4v) is 3.04. The zero-order valence-corrected chi connectivity index (χ0v) is 13.9. The van der Waals surface area contributed by atoms with Gasteiger partial charge in [0.1, 0.15) is 4.49 Å². The number of carbonyl (C=O) groups is 1. The number of carbonyl (C=O) groups excluding carboxylic acids is 1. The number of hydrogen-bond acceptors (Lipinski definition) is 1. The van der Waals surface area contributed by atoms with E-state index in [9.17, 15) is 4.79 Å². The molecule has 1 amide bonds. The summed E-state index contributed by atoms with van der Waals surface area (Å²) in [6.45, 7) is 3.99. The molecule has 1 fully saturated rings. The highest BCUT2D eigenvalue weighted by atomic mass is 35.5. The lowest BCUT2D eigenvalue weighted by Gasteiger charge is -2.08. The molecule has 2 unspecified atom stereocenters. The first-order valence-corrected chi connectivity index (χ1v) is 7.53. The second-order valence-corrected chi connectivity index (χ2v) is 7.25. The summed E-state index contributed by atoms with van der Waals surface area (Å²) in [5.74, 6) is -0.287. The van der Waals surface area contributed by atoms with Gasteiger partial charge in [-0.3, -0.25) is 4.79 Å². The Kier molecular flexibility index (Phi) is 4.60. The smallest absolute Gasteiger partial charge is 0.228 e. The second-order valence-electron chi connectivity index (χ2n) is 5.39. The molecule has 0 aliphatic heterocycles. The predicted octanol–water partition coefficient (Wildman–Crippen LogP) is 5.52. The Bertz CT molecular complexity index is 579. The van der Waals surface area contributed by atoms with Gasteiger partial charge in [-0.2, -0.15) is 0 Å². The summed E-state index contributed by atoms with van der Waals surface area (Å²) in [6.07, 6.45) is 1.70. The van der Waals surface area contributed by atoms with Gasteiger partial charge in [0.2, 0.25) is 5.91 Å². The van der Waals surface area contributed by atoms with Crippen LogP contribution in [0.3, 0.4) is 0 Å². The molecular weight excluding hydrogens is 340 g/mol. The molecule has 2 atom stereocenters. The minimum Gasteiger partial charge on any atom is -0.324 e. The summed E-state index contributed by atoms with van der Waals surface area (Å²) >= 11 is 23.3. The molecule has 0 radical (unpaired) electrons. The van der Waals surface area contributed by atoms with Crippen LogP contribution in [0.5, 0.6) is 0 Å². The molecule has 2 nitrogen and oxygen atoms in total. The molecule has 20 heavy (non-hydrogen) atoms. The zero-order chi connectivity index (χ0) is 15.1. The number of amides is 1. The molecule has 1 aliphatic carbocycles. The fourth-order valence-electron chi connectivity index (χ4n) is 2.43. The molecule has 0 heterocycles. The van der Waals surface area contributed by atoms with Crippen molar-refractivity contribution >= 4 is 58.0 Å². The minimum atomic E-state index is -0.190. The van der Waals surface area contributed by atoms with Gasteiger partial charge in [0.05, 0.1) is 16.6 Å². The van der Waals surface area contributed by atoms with E-state index in [0.29, 0.717) is 15.7 Å². The van der Waals surface area contributed by atoms with Crippen LogP contribution in [-0.2, 0) is 4.79 Å². The number of benzene rings is 1. The van der Waals surface area contributed by atoms with E-state index < -0.39 is 0 Å². The molecule has 2 rings (SSSR count). The van der Waals surface area contributed by atoms with E-state index in [1.54, 1.807) is 24.3 Å². The highest BCUT2D eigenvalue weighted by Gasteiger charge is 2.60. The first-order valence-electron chi connectivity index (χ1n) is 6.02. The van der Waals surface area contributed by atoms with E-state index in [1.807, 2.05) is 13.8 Å². The topological polar surface area (TPSA) is 29.1 Å². The van der Waals surface area contributed by atoms with Gasteiger partial charge in [0, 0.05) is 5.02 Å². The molecule has 1 aliphatic rings. The van der Waals surface area contributed by atoms with Gasteiger partial charge in [-0.05, 0) is 35.6 Å². The largest absolute Gasteiger partial charge is 0.324 e. The summed E-state index contributed by atoms with van der Waals surface area (Å²) in [5.41, 5.74) is 0.330. The molecule has 1 aromatic carbocycles. The van der Waals surface area contributed by atoms with Crippen LogP contribution in [0.1, 0.15) is 13.8 Å². The Hall–Kier alpha value is -0.410. The third-order valence-electron chi connectivity index (χ3n) is 3.68. The van der Waals surface area contributed by atoms with E-state index in [-0.39, 0.29) is 27.6 Å². The number of halogens is 4. The number of rotatable bonds is 3. The van der Waals surface area contributed by atoms with Crippen LogP contribution < -0.4 is 5.32 Å². The van der Waals surface area contributed by atoms with Gasteiger partial charge < -0.3 is 5.32 Å². The first-order chi connectivity index (χ1) is 9.23. The summed E-state index contributed by atoms with van der Waals surface area (Å²) in [5, 5.41) is 3.76. The maximum atomic E-state index is 12.3. The molecule has 108 valence electrons. The Morgan fingerprint density at radius 1 is 1.30 bits per heavy atom. The summed E-state index contributed by atoms with van der Waals surface area (Å²) in [7, 11) is 0. The first kappa shape index (κ1) is 16.0. The lowest BCUT2D eigenvalue weighted by molar-refractivity contribution is -0.118. The maximum Gasteiger partial charge on any atom is 0.228 e. The second kappa shape index (κ2) is 5.76. The predicted molar refractivity (Wildman–Crippen MR) is 85.6 cm³/mol. The van der Waals surface area contributed by atoms with E-state index in [0.717, 1.165) is 0 Å². The Balaban J connectivity index is 2.14. The van der Waals surface area contributed by atoms with E-state index >= 15 is 0 Å². The van der Waals surface area contributed by atoms with Gasteiger partial charge in [0.25, 0.3) is 0 Å². The van der Waals surface area contributed by atoms with E-state index in [2.05, 4.69) is 5.32 Å². The van der Waals surface area contributed by atoms with Crippen molar-refractivity contribution in [2.24, 2.45) is 17.3 Å². The molecule has 0 aromatic heterocycles. The van der Waals surface area contributed by atoms with Crippen LogP contribution in [0.4, 0.5) is 5.69 Å². The lowest BCUT2D eigenvalue weighted by atomic mass is 10.1. The van der Waals surface area contributed by atoms with Gasteiger partial charge >= 0.3 is 0 Å².